The summed E-state index contributed by atoms with van der Waals surface area (Å²) in [6.45, 7) is 9.52. The molecule has 1 saturated heterocycles. The Morgan fingerprint density at radius 2 is 2.18 bits per heavy atom. The Bertz CT molecular complexity index is 547. The molecule has 2 N–H and O–H groups in total. The van der Waals surface area contributed by atoms with Crippen molar-refractivity contribution in [3.8, 4) is 0 Å². The quantitative estimate of drug-likeness (QED) is 0.891. The molecule has 1 aliphatic heterocycles. The molecule has 0 unspecified atom stereocenters. The maximum absolute atomic E-state index is 12.1. The maximum Gasteiger partial charge on any atom is 0.315 e. The van der Waals surface area contributed by atoms with E-state index >= 15 is 0 Å². The number of rotatable bonds is 4. The molecule has 6 heteroatoms. The minimum absolute atomic E-state index is 0.0140. The van der Waals surface area contributed by atoms with E-state index in [-0.39, 0.29) is 17.5 Å². The Hall–Kier alpha value is -1.56. The highest BCUT2D eigenvalue weighted by Gasteiger charge is 2.59. The van der Waals surface area contributed by atoms with Gasteiger partial charge < -0.3 is 19.9 Å². The van der Waals surface area contributed by atoms with Crippen LogP contribution in [0.1, 0.15) is 37.3 Å². The minimum Gasteiger partial charge on any atom is -0.377 e. The van der Waals surface area contributed by atoms with Crippen molar-refractivity contribution in [1.82, 2.24) is 15.8 Å². The van der Waals surface area contributed by atoms with Gasteiger partial charge in [-0.25, -0.2) is 4.79 Å². The number of aromatic nitrogens is 1. The van der Waals surface area contributed by atoms with Crippen LogP contribution in [-0.4, -0.2) is 36.5 Å². The van der Waals surface area contributed by atoms with Gasteiger partial charge in [-0.15, -0.1) is 0 Å². The Balaban J connectivity index is 1.47. The molecule has 1 saturated carbocycles. The maximum atomic E-state index is 12.1. The van der Waals surface area contributed by atoms with E-state index in [9.17, 15) is 4.79 Å². The molecule has 0 spiro atoms. The molecule has 2 heterocycles. The van der Waals surface area contributed by atoms with Crippen LogP contribution in [0.15, 0.2) is 4.52 Å². The lowest BCUT2D eigenvalue weighted by atomic mass is 9.57. The number of amides is 2. The van der Waals surface area contributed by atoms with E-state index in [2.05, 4.69) is 29.6 Å². The number of carbonyl (C=O) groups is 1. The van der Waals surface area contributed by atoms with Crippen LogP contribution in [0.3, 0.4) is 0 Å². The van der Waals surface area contributed by atoms with E-state index in [4.69, 9.17) is 9.26 Å². The summed E-state index contributed by atoms with van der Waals surface area (Å²) in [5.41, 5.74) is 1.99. The third-order valence-electron chi connectivity index (χ3n) is 5.23. The fourth-order valence-corrected chi connectivity index (χ4v) is 3.97. The molecule has 122 valence electrons. The summed E-state index contributed by atoms with van der Waals surface area (Å²) in [5, 5.41) is 9.97. The number of nitrogens with zero attached hydrogens (tertiary/aromatic N) is 1. The summed E-state index contributed by atoms with van der Waals surface area (Å²) < 4.78 is 10.9. The van der Waals surface area contributed by atoms with Crippen LogP contribution in [0.25, 0.3) is 0 Å². The van der Waals surface area contributed by atoms with Gasteiger partial charge in [0.15, 0.2) is 0 Å². The van der Waals surface area contributed by atoms with Gasteiger partial charge in [-0.1, -0.05) is 19.0 Å². The normalized spacial score (nSPS) is 28.8. The lowest BCUT2D eigenvalue weighted by Crippen LogP contribution is -2.67. The smallest absolute Gasteiger partial charge is 0.315 e. The van der Waals surface area contributed by atoms with Crippen molar-refractivity contribution in [1.29, 1.82) is 0 Å². The van der Waals surface area contributed by atoms with Gasteiger partial charge in [-0.2, -0.15) is 0 Å². The van der Waals surface area contributed by atoms with Crippen molar-refractivity contribution < 1.29 is 14.1 Å². The predicted molar refractivity (Wildman–Crippen MR) is 81.6 cm³/mol. The van der Waals surface area contributed by atoms with Crippen LogP contribution in [0, 0.1) is 25.2 Å². The zero-order chi connectivity index (χ0) is 15.9. The molecule has 2 fully saturated rings. The lowest BCUT2D eigenvalue weighted by Gasteiger charge is -2.54. The minimum atomic E-state index is -0.102. The van der Waals surface area contributed by atoms with Crippen LogP contribution >= 0.6 is 0 Å². The summed E-state index contributed by atoms with van der Waals surface area (Å²) >= 11 is 0. The highest BCUT2D eigenvalue weighted by molar-refractivity contribution is 5.74. The number of ether oxygens (including phenoxy) is 1. The molecule has 22 heavy (non-hydrogen) atoms. The second-order valence-corrected chi connectivity index (χ2v) is 7.00. The first kappa shape index (κ1) is 15.3. The van der Waals surface area contributed by atoms with Crippen LogP contribution in [-0.2, 0) is 11.2 Å². The van der Waals surface area contributed by atoms with Crippen molar-refractivity contribution >= 4 is 6.03 Å². The topological polar surface area (TPSA) is 76.4 Å². The summed E-state index contributed by atoms with van der Waals surface area (Å²) in [5.74, 6) is 1.29. The van der Waals surface area contributed by atoms with E-state index in [1.54, 1.807) is 0 Å². The van der Waals surface area contributed by atoms with Gasteiger partial charge in [0.1, 0.15) is 5.76 Å². The molecule has 3 atom stereocenters. The fraction of sp³-hybridized carbons (Fsp3) is 0.750. The monoisotopic (exact) mass is 307 g/mol. The SMILES string of the molecule is Cc1noc(C)c1CCNC(=O)N[C@@H]1[C@H]2CCO[C@@H]2C1(C)C. The first-order valence-electron chi connectivity index (χ1n) is 7.99. The van der Waals surface area contributed by atoms with Crippen molar-refractivity contribution in [2.75, 3.05) is 13.2 Å². The first-order valence-corrected chi connectivity index (χ1v) is 7.99. The molecule has 1 aromatic rings. The number of nitrogens with one attached hydrogen (secondary N) is 2. The summed E-state index contributed by atoms with van der Waals surface area (Å²) in [4.78, 5) is 12.1. The first-order chi connectivity index (χ1) is 10.4. The van der Waals surface area contributed by atoms with E-state index in [0.717, 1.165) is 36.5 Å². The highest BCUT2D eigenvalue weighted by Crippen LogP contribution is 2.51. The third kappa shape index (κ3) is 2.49. The van der Waals surface area contributed by atoms with Crippen LogP contribution in [0.4, 0.5) is 4.79 Å². The summed E-state index contributed by atoms with van der Waals surface area (Å²) in [6.07, 6.45) is 2.07. The number of hydrogen-bond donors (Lipinski definition) is 2. The number of carbonyl (C=O) groups excluding carboxylic acids is 1. The molecule has 1 aliphatic carbocycles. The van der Waals surface area contributed by atoms with Gasteiger partial charge in [0.2, 0.25) is 0 Å². The molecule has 2 aliphatic rings. The molecular formula is C16H25N3O3. The molecular weight excluding hydrogens is 282 g/mol. The standard InChI is InChI=1S/C16H25N3O3/c1-9-11(10(2)22-19-9)5-7-17-15(20)18-13-12-6-8-21-14(12)16(13,3)4/h12-14H,5-8H2,1-4H3,(H2,17,18,20)/t12-,13-,14+/m1/s1. The zero-order valence-electron chi connectivity index (χ0n) is 13.7. The molecule has 6 nitrogen and oxygen atoms in total. The average Bonchev–Trinajstić information content (AvgIpc) is 3.04. The fourth-order valence-electron chi connectivity index (χ4n) is 3.97. The Kier molecular flexibility index (Phi) is 3.89. The van der Waals surface area contributed by atoms with Crippen molar-refractivity contribution in [3.63, 3.8) is 0 Å². The van der Waals surface area contributed by atoms with E-state index in [1.165, 1.54) is 0 Å². The Labute approximate surface area is 131 Å². The number of aryl methyl sites for hydroxylation is 2. The number of hydrogen-bond acceptors (Lipinski definition) is 4. The lowest BCUT2D eigenvalue weighted by molar-refractivity contribution is -0.108. The van der Waals surface area contributed by atoms with Gasteiger partial charge in [-0.3, -0.25) is 0 Å². The van der Waals surface area contributed by atoms with Crippen LogP contribution in [0.5, 0.6) is 0 Å². The number of fused-ring (bicyclic) bond motifs is 1. The van der Waals surface area contributed by atoms with Gasteiger partial charge in [0.05, 0.1) is 11.8 Å². The Morgan fingerprint density at radius 3 is 2.86 bits per heavy atom. The van der Waals surface area contributed by atoms with Crippen molar-refractivity contribution in [2.45, 2.75) is 52.7 Å². The zero-order valence-corrected chi connectivity index (χ0v) is 13.7. The highest BCUT2D eigenvalue weighted by atomic mass is 16.5. The van der Waals surface area contributed by atoms with Gasteiger partial charge in [0, 0.05) is 36.1 Å². The Morgan fingerprint density at radius 1 is 1.41 bits per heavy atom. The van der Waals surface area contributed by atoms with Gasteiger partial charge in [-0.05, 0) is 26.7 Å². The van der Waals surface area contributed by atoms with Crippen LogP contribution in [0.2, 0.25) is 0 Å². The second-order valence-electron chi connectivity index (χ2n) is 7.00. The van der Waals surface area contributed by atoms with Gasteiger partial charge >= 0.3 is 6.03 Å². The van der Waals surface area contributed by atoms with Crippen LogP contribution < -0.4 is 10.6 Å². The summed E-state index contributed by atoms with van der Waals surface area (Å²) in [6, 6.07) is 0.0919. The van der Waals surface area contributed by atoms with E-state index in [0.29, 0.717) is 18.6 Å². The predicted octanol–water partition coefficient (Wildman–Crippen LogP) is 1.95. The molecule has 0 radical (unpaired) electrons. The summed E-state index contributed by atoms with van der Waals surface area (Å²) in [7, 11) is 0. The second kappa shape index (κ2) is 5.57. The molecule has 3 rings (SSSR count). The van der Waals surface area contributed by atoms with Crippen molar-refractivity contribution in [3.05, 3.63) is 17.0 Å². The van der Waals surface area contributed by atoms with Crippen molar-refractivity contribution in [2.24, 2.45) is 11.3 Å². The largest absolute Gasteiger partial charge is 0.377 e. The molecule has 1 aromatic heterocycles. The van der Waals surface area contributed by atoms with E-state index < -0.39 is 0 Å². The molecule has 2 amide bonds. The van der Waals surface area contributed by atoms with Gasteiger partial charge in [0.25, 0.3) is 0 Å². The molecule has 0 aromatic carbocycles. The number of urea groups is 1. The third-order valence-corrected chi connectivity index (χ3v) is 5.23. The molecule has 0 bridgehead atoms. The average molecular weight is 307 g/mol. The van der Waals surface area contributed by atoms with E-state index in [1.807, 2.05) is 13.8 Å².